The summed E-state index contributed by atoms with van der Waals surface area (Å²) in [7, 11) is 1.71. The molecule has 0 atom stereocenters. The maximum Gasteiger partial charge on any atom is 0.336 e. The number of aliphatic hydroxyl groups is 1. The molecule has 0 aliphatic heterocycles. The Bertz CT molecular complexity index is 1040. The Balaban J connectivity index is 0.000000332. The molecule has 2 aromatic rings. The molecule has 0 bridgehead atoms. The number of aromatic nitrogens is 2. The Morgan fingerprint density at radius 2 is 1.58 bits per heavy atom. The number of methoxy groups -OCH3 is 1. The topological polar surface area (TPSA) is 179 Å². The summed E-state index contributed by atoms with van der Waals surface area (Å²) in [6.07, 6.45) is 7.63. The molecule has 1 saturated carbocycles. The van der Waals surface area contributed by atoms with Gasteiger partial charge in [-0.3, -0.25) is 9.59 Å². The number of hydrogen-bond donors (Lipinski definition) is 5. The normalized spacial score (nSPS) is 14.3. The molecule has 1 fully saturated rings. The van der Waals surface area contributed by atoms with Gasteiger partial charge in [0.1, 0.15) is 5.75 Å². The van der Waals surface area contributed by atoms with E-state index < -0.39 is 36.4 Å². The summed E-state index contributed by atoms with van der Waals surface area (Å²) in [6.45, 7) is 2.97. The van der Waals surface area contributed by atoms with Gasteiger partial charge in [0.15, 0.2) is 10.8 Å². The first kappa shape index (κ1) is 31.0. The molecule has 0 radical (unpaired) electrons. The van der Waals surface area contributed by atoms with Gasteiger partial charge in [-0.25, -0.2) is 14.8 Å². The third kappa shape index (κ3) is 9.26. The maximum absolute atomic E-state index is 10.3. The predicted octanol–water partition coefficient (Wildman–Crippen LogP) is 3.30. The zero-order chi connectivity index (χ0) is 28.2. The zero-order valence-corrected chi connectivity index (χ0v) is 22.4. The Morgan fingerprint density at radius 3 is 2.03 bits per heavy atom. The first-order valence-corrected chi connectivity index (χ1v) is 13.2. The maximum atomic E-state index is 10.3. The highest BCUT2D eigenvalue weighted by atomic mass is 32.2. The van der Waals surface area contributed by atoms with E-state index in [4.69, 9.17) is 25.2 Å². The fourth-order valence-electron chi connectivity index (χ4n) is 4.14. The van der Waals surface area contributed by atoms with Gasteiger partial charge in [-0.05, 0) is 37.0 Å². The highest BCUT2D eigenvalue weighted by Gasteiger charge is 2.40. The number of nitrogens with one attached hydrogen (secondary N) is 1. The van der Waals surface area contributed by atoms with Crippen LogP contribution in [0.5, 0.6) is 5.75 Å². The van der Waals surface area contributed by atoms with Crippen molar-refractivity contribution in [1.82, 2.24) is 15.3 Å². The second-order valence-electron chi connectivity index (χ2n) is 9.07. The molecule has 0 amide bonds. The number of thioether (sulfide) groups is 1. The quantitative estimate of drug-likeness (QED) is 0.182. The molecule has 0 unspecified atom stereocenters. The number of ether oxygens (including phenoxy) is 1. The highest BCUT2D eigenvalue weighted by Crippen LogP contribution is 2.39. The van der Waals surface area contributed by atoms with Gasteiger partial charge >= 0.3 is 17.9 Å². The Morgan fingerprint density at radius 1 is 1.03 bits per heavy atom. The molecule has 1 aliphatic carbocycles. The Kier molecular flexibility index (Phi) is 11.9. The Hall–Kier alpha value is -3.22. The third-order valence-electron chi connectivity index (χ3n) is 6.13. The molecule has 1 aliphatic rings. The molecule has 208 valence electrons. The van der Waals surface area contributed by atoms with Crippen molar-refractivity contribution in [3.8, 4) is 5.75 Å². The lowest BCUT2D eigenvalue weighted by atomic mass is 9.88. The predicted molar refractivity (Wildman–Crippen MR) is 140 cm³/mol. The lowest BCUT2D eigenvalue weighted by molar-refractivity contribution is -0.170. The molecular formula is C26H35N3O8S. The van der Waals surface area contributed by atoms with Crippen LogP contribution >= 0.6 is 11.8 Å². The standard InChI is InChI=1S/C20H27N3OS.C6H8O7/c1-3-12-25-19-21-13-16(14-22-19)15-23-20(10-4-5-11-20)17-6-8-18(24-2)9-7-17;7-3(8)1-6(13,5(11)12)2-4(9)10/h6-9,13-14,23H,3-5,10-12,15H2,1-2H3;13H,1-2H2,(H,7,8)(H,9,10)(H,11,12). The summed E-state index contributed by atoms with van der Waals surface area (Å²) in [5.74, 6) is -3.04. The van der Waals surface area contributed by atoms with Crippen molar-refractivity contribution in [2.45, 2.75) is 74.7 Å². The van der Waals surface area contributed by atoms with Crippen molar-refractivity contribution in [3.63, 3.8) is 0 Å². The van der Waals surface area contributed by atoms with E-state index in [1.807, 2.05) is 12.4 Å². The number of benzene rings is 1. The highest BCUT2D eigenvalue weighted by molar-refractivity contribution is 7.99. The van der Waals surface area contributed by atoms with Gasteiger partial charge in [-0.1, -0.05) is 43.7 Å². The molecule has 1 heterocycles. The van der Waals surface area contributed by atoms with Crippen molar-refractivity contribution in [1.29, 1.82) is 0 Å². The van der Waals surface area contributed by atoms with Gasteiger partial charge in [0.25, 0.3) is 0 Å². The van der Waals surface area contributed by atoms with E-state index in [0.29, 0.717) is 0 Å². The van der Waals surface area contributed by atoms with Gasteiger partial charge in [-0.2, -0.15) is 0 Å². The average Bonchev–Trinajstić information content (AvgIpc) is 3.36. The summed E-state index contributed by atoms with van der Waals surface area (Å²) >= 11 is 1.72. The molecule has 1 aromatic heterocycles. The number of carbonyl (C=O) groups is 3. The van der Waals surface area contributed by atoms with Crippen LogP contribution in [-0.2, 0) is 26.5 Å². The fourth-order valence-corrected chi connectivity index (χ4v) is 4.78. The lowest BCUT2D eigenvalue weighted by Crippen LogP contribution is -2.42. The second kappa shape index (κ2) is 14.6. The molecule has 12 heteroatoms. The van der Waals surface area contributed by atoms with E-state index in [-0.39, 0.29) is 5.54 Å². The van der Waals surface area contributed by atoms with Crippen LogP contribution in [0.15, 0.2) is 41.8 Å². The van der Waals surface area contributed by atoms with Gasteiger partial charge in [0, 0.05) is 35.8 Å². The molecule has 5 N–H and O–H groups in total. The van der Waals surface area contributed by atoms with Crippen LogP contribution in [0.3, 0.4) is 0 Å². The molecule has 0 spiro atoms. The largest absolute Gasteiger partial charge is 0.497 e. The Labute approximate surface area is 225 Å². The number of carboxylic acids is 3. The number of hydrogen-bond acceptors (Lipinski definition) is 9. The van der Waals surface area contributed by atoms with Crippen molar-refractivity contribution < 1.29 is 39.5 Å². The monoisotopic (exact) mass is 549 g/mol. The van der Waals surface area contributed by atoms with E-state index in [2.05, 4.69) is 46.5 Å². The first-order valence-electron chi connectivity index (χ1n) is 12.3. The van der Waals surface area contributed by atoms with E-state index in [0.717, 1.165) is 35.2 Å². The van der Waals surface area contributed by atoms with Gasteiger partial charge in [-0.15, -0.1) is 0 Å². The zero-order valence-electron chi connectivity index (χ0n) is 21.6. The van der Waals surface area contributed by atoms with Crippen molar-refractivity contribution in [2.24, 2.45) is 0 Å². The number of nitrogens with zero attached hydrogens (tertiary/aromatic N) is 2. The summed E-state index contributed by atoms with van der Waals surface area (Å²) in [6, 6.07) is 8.50. The van der Waals surface area contributed by atoms with Gasteiger partial charge in [0.2, 0.25) is 0 Å². The minimum atomic E-state index is -2.74. The van der Waals surface area contributed by atoms with Crippen LogP contribution in [-0.4, -0.2) is 66.8 Å². The average molecular weight is 550 g/mol. The number of rotatable bonds is 13. The second-order valence-corrected chi connectivity index (χ2v) is 10.1. The van der Waals surface area contributed by atoms with E-state index in [1.54, 1.807) is 18.9 Å². The molecule has 11 nitrogen and oxygen atoms in total. The van der Waals surface area contributed by atoms with Crippen molar-refractivity contribution in [3.05, 3.63) is 47.8 Å². The fraction of sp³-hybridized carbons (Fsp3) is 0.500. The summed E-state index contributed by atoms with van der Waals surface area (Å²) in [4.78, 5) is 39.4. The van der Waals surface area contributed by atoms with Crippen LogP contribution < -0.4 is 10.1 Å². The minimum absolute atomic E-state index is 0.0574. The van der Waals surface area contributed by atoms with E-state index in [1.165, 1.54) is 31.2 Å². The molecule has 38 heavy (non-hydrogen) atoms. The summed E-state index contributed by atoms with van der Waals surface area (Å²) in [5, 5.41) is 38.5. The molecule has 3 rings (SSSR count). The molecule has 0 saturated heterocycles. The number of carboxylic acid groups (broad SMARTS) is 3. The van der Waals surface area contributed by atoms with Crippen LogP contribution in [0.4, 0.5) is 0 Å². The lowest BCUT2D eigenvalue weighted by Gasteiger charge is -2.31. The molecular weight excluding hydrogens is 514 g/mol. The summed E-state index contributed by atoms with van der Waals surface area (Å²) < 4.78 is 5.29. The minimum Gasteiger partial charge on any atom is -0.497 e. The van der Waals surface area contributed by atoms with Crippen LogP contribution in [0.25, 0.3) is 0 Å². The summed E-state index contributed by atoms with van der Waals surface area (Å²) in [5.41, 5.74) is -0.193. The van der Waals surface area contributed by atoms with Crippen molar-refractivity contribution in [2.75, 3.05) is 12.9 Å². The number of aliphatic carboxylic acids is 3. The van der Waals surface area contributed by atoms with Crippen LogP contribution in [0.1, 0.15) is 63.0 Å². The van der Waals surface area contributed by atoms with Gasteiger partial charge in [0.05, 0.1) is 20.0 Å². The smallest absolute Gasteiger partial charge is 0.336 e. The van der Waals surface area contributed by atoms with Crippen molar-refractivity contribution >= 4 is 29.7 Å². The first-order chi connectivity index (χ1) is 18.0. The van der Waals surface area contributed by atoms with E-state index in [9.17, 15) is 14.4 Å². The van der Waals surface area contributed by atoms with Crippen LogP contribution in [0, 0.1) is 0 Å². The van der Waals surface area contributed by atoms with E-state index >= 15 is 0 Å². The van der Waals surface area contributed by atoms with Crippen LogP contribution in [0.2, 0.25) is 0 Å². The van der Waals surface area contributed by atoms with Gasteiger partial charge < -0.3 is 30.5 Å². The third-order valence-corrected chi connectivity index (χ3v) is 7.21. The SMILES string of the molecule is CCCSc1ncc(CNC2(c3ccc(OC)cc3)CCCC2)cn1.O=C(O)CC(O)(CC(=O)O)C(=O)O. The molecule has 1 aromatic carbocycles.